The van der Waals surface area contributed by atoms with Gasteiger partial charge in [0, 0.05) is 17.2 Å². The van der Waals surface area contributed by atoms with Crippen molar-refractivity contribution in [3.8, 4) is 5.75 Å². The van der Waals surface area contributed by atoms with Crippen molar-refractivity contribution in [2.24, 2.45) is 0 Å². The molecule has 0 saturated heterocycles. The molecule has 12 heavy (non-hydrogen) atoms. The number of aromatic nitrogens is 1. The number of hydrogen-bond donors (Lipinski definition) is 0. The molecule has 3 nitrogen and oxygen atoms in total. The molecule has 0 saturated carbocycles. The van der Waals surface area contributed by atoms with Crippen LogP contribution in [-0.2, 0) is 0 Å². The Labute approximate surface area is 73.9 Å². The summed E-state index contributed by atoms with van der Waals surface area (Å²) in [6, 6.07) is 3.40. The van der Waals surface area contributed by atoms with Gasteiger partial charge in [0.1, 0.15) is 5.75 Å². The van der Waals surface area contributed by atoms with Gasteiger partial charge in [-0.15, -0.1) is 0 Å². The second kappa shape index (κ2) is 2.68. The maximum absolute atomic E-state index is 5.79. The molecule has 62 valence electrons. The molecule has 2 rings (SSSR count). The summed E-state index contributed by atoms with van der Waals surface area (Å²) in [5.41, 5.74) is 1.33. The highest BCUT2D eigenvalue weighted by molar-refractivity contribution is 6.31. The molecule has 0 aliphatic rings. The Kier molecular flexibility index (Phi) is 1.66. The van der Waals surface area contributed by atoms with E-state index in [-0.39, 0.29) is 0 Å². The van der Waals surface area contributed by atoms with E-state index in [0.29, 0.717) is 21.9 Å². The molecule has 0 aliphatic carbocycles. The van der Waals surface area contributed by atoms with Gasteiger partial charge in [0.25, 0.3) is 0 Å². The summed E-state index contributed by atoms with van der Waals surface area (Å²) < 4.78 is 10.1. The first-order chi connectivity index (χ1) is 5.81. The van der Waals surface area contributed by atoms with Gasteiger partial charge in [-0.1, -0.05) is 11.6 Å². The molecule has 1 heterocycles. The molecular formula is C8H6ClNO2. The number of hydrogen-bond acceptors (Lipinski definition) is 3. The van der Waals surface area contributed by atoms with E-state index in [0.717, 1.165) is 0 Å². The third kappa shape index (κ3) is 1.02. The Hall–Kier alpha value is -1.22. The van der Waals surface area contributed by atoms with Crippen molar-refractivity contribution in [2.45, 2.75) is 0 Å². The maximum atomic E-state index is 5.79. The predicted octanol–water partition coefficient (Wildman–Crippen LogP) is 2.49. The summed E-state index contributed by atoms with van der Waals surface area (Å²) in [7, 11) is 1.57. The molecule has 0 aliphatic heterocycles. The SMILES string of the molecule is COc1cc(Cl)cc2ocnc12. The molecule has 1 aromatic heterocycles. The van der Waals surface area contributed by atoms with Gasteiger partial charge in [0.05, 0.1) is 7.11 Å². The van der Waals surface area contributed by atoms with Crippen molar-refractivity contribution in [3.05, 3.63) is 23.5 Å². The molecule has 4 heteroatoms. The number of ether oxygens (including phenoxy) is 1. The van der Waals surface area contributed by atoms with Crippen LogP contribution >= 0.6 is 11.6 Å². The lowest BCUT2D eigenvalue weighted by atomic mass is 10.3. The third-order valence-electron chi connectivity index (χ3n) is 1.59. The first-order valence-electron chi connectivity index (χ1n) is 3.38. The Morgan fingerprint density at radius 3 is 3.08 bits per heavy atom. The van der Waals surface area contributed by atoms with Crippen molar-refractivity contribution >= 4 is 22.7 Å². The zero-order chi connectivity index (χ0) is 8.55. The standard InChI is InChI=1S/C8H6ClNO2/c1-11-6-2-5(9)3-7-8(6)10-4-12-7/h2-4H,1H3. The lowest BCUT2D eigenvalue weighted by Gasteiger charge is -1.99. The Balaban J connectivity index is 2.80. The molecule has 0 amide bonds. The fraction of sp³-hybridized carbons (Fsp3) is 0.125. The van der Waals surface area contributed by atoms with Gasteiger partial charge in [-0.25, -0.2) is 4.98 Å². The van der Waals surface area contributed by atoms with Gasteiger partial charge in [0.15, 0.2) is 17.5 Å². The minimum Gasteiger partial charge on any atom is -0.494 e. The predicted molar refractivity (Wildman–Crippen MR) is 45.6 cm³/mol. The molecule has 0 fully saturated rings. The molecule has 1 aromatic carbocycles. The monoisotopic (exact) mass is 183 g/mol. The fourth-order valence-corrected chi connectivity index (χ4v) is 1.26. The maximum Gasteiger partial charge on any atom is 0.182 e. The number of benzene rings is 1. The van der Waals surface area contributed by atoms with Gasteiger partial charge in [-0.3, -0.25) is 0 Å². The van der Waals surface area contributed by atoms with Crippen molar-refractivity contribution in [2.75, 3.05) is 7.11 Å². The number of rotatable bonds is 1. The molecule has 2 aromatic rings. The molecule has 0 N–H and O–H groups in total. The number of oxazole rings is 1. The van der Waals surface area contributed by atoms with Crippen LogP contribution in [0.1, 0.15) is 0 Å². The van der Waals surface area contributed by atoms with Gasteiger partial charge in [-0.2, -0.15) is 0 Å². The minimum atomic E-state index is 0.580. The van der Waals surface area contributed by atoms with E-state index < -0.39 is 0 Å². The average Bonchev–Trinajstić information content (AvgIpc) is 2.50. The normalized spacial score (nSPS) is 10.5. The zero-order valence-electron chi connectivity index (χ0n) is 6.37. The van der Waals surface area contributed by atoms with Gasteiger partial charge in [0.2, 0.25) is 0 Å². The summed E-state index contributed by atoms with van der Waals surface area (Å²) in [6.45, 7) is 0. The summed E-state index contributed by atoms with van der Waals surface area (Å²) in [5.74, 6) is 0.631. The fourth-order valence-electron chi connectivity index (χ4n) is 1.06. The second-order valence-corrected chi connectivity index (χ2v) is 2.74. The number of nitrogens with zero attached hydrogens (tertiary/aromatic N) is 1. The van der Waals surface area contributed by atoms with Crippen LogP contribution in [0.2, 0.25) is 5.02 Å². The van der Waals surface area contributed by atoms with Crippen LogP contribution in [0.3, 0.4) is 0 Å². The van der Waals surface area contributed by atoms with Crippen molar-refractivity contribution < 1.29 is 9.15 Å². The zero-order valence-corrected chi connectivity index (χ0v) is 7.13. The van der Waals surface area contributed by atoms with E-state index in [9.17, 15) is 0 Å². The molecule has 0 unspecified atom stereocenters. The quantitative estimate of drug-likeness (QED) is 0.682. The molecular weight excluding hydrogens is 178 g/mol. The van der Waals surface area contributed by atoms with E-state index in [2.05, 4.69) is 4.98 Å². The van der Waals surface area contributed by atoms with Gasteiger partial charge >= 0.3 is 0 Å². The molecule has 0 atom stereocenters. The van der Waals surface area contributed by atoms with E-state index in [1.165, 1.54) is 6.39 Å². The Morgan fingerprint density at radius 2 is 2.33 bits per heavy atom. The van der Waals surface area contributed by atoms with Crippen molar-refractivity contribution in [1.82, 2.24) is 4.98 Å². The van der Waals surface area contributed by atoms with E-state index in [4.69, 9.17) is 20.8 Å². The summed E-state index contributed by atoms with van der Waals surface area (Å²) in [4.78, 5) is 3.98. The first-order valence-corrected chi connectivity index (χ1v) is 3.76. The number of fused-ring (bicyclic) bond motifs is 1. The summed E-state index contributed by atoms with van der Waals surface area (Å²) in [5, 5.41) is 0.580. The summed E-state index contributed by atoms with van der Waals surface area (Å²) in [6.07, 6.45) is 1.36. The lowest BCUT2D eigenvalue weighted by molar-refractivity contribution is 0.419. The van der Waals surface area contributed by atoms with E-state index in [1.807, 2.05) is 0 Å². The lowest BCUT2D eigenvalue weighted by Crippen LogP contribution is -1.83. The Bertz CT molecular complexity index is 410. The van der Waals surface area contributed by atoms with Crippen molar-refractivity contribution in [3.63, 3.8) is 0 Å². The third-order valence-corrected chi connectivity index (χ3v) is 1.80. The molecule has 0 bridgehead atoms. The van der Waals surface area contributed by atoms with Crippen LogP contribution < -0.4 is 4.74 Å². The van der Waals surface area contributed by atoms with Crippen LogP contribution in [0.5, 0.6) is 5.75 Å². The smallest absolute Gasteiger partial charge is 0.182 e. The second-order valence-electron chi connectivity index (χ2n) is 2.31. The van der Waals surface area contributed by atoms with Crippen LogP contribution in [0.25, 0.3) is 11.1 Å². The van der Waals surface area contributed by atoms with Crippen LogP contribution in [0.4, 0.5) is 0 Å². The number of methoxy groups -OCH3 is 1. The highest BCUT2D eigenvalue weighted by atomic mass is 35.5. The van der Waals surface area contributed by atoms with Gasteiger partial charge < -0.3 is 9.15 Å². The van der Waals surface area contributed by atoms with E-state index >= 15 is 0 Å². The minimum absolute atomic E-state index is 0.580. The summed E-state index contributed by atoms with van der Waals surface area (Å²) >= 11 is 5.79. The largest absolute Gasteiger partial charge is 0.494 e. The highest BCUT2D eigenvalue weighted by Gasteiger charge is 2.06. The molecule has 0 radical (unpaired) electrons. The molecule has 0 spiro atoms. The highest BCUT2D eigenvalue weighted by Crippen LogP contribution is 2.28. The van der Waals surface area contributed by atoms with Crippen LogP contribution in [0, 0.1) is 0 Å². The van der Waals surface area contributed by atoms with Crippen LogP contribution in [-0.4, -0.2) is 12.1 Å². The van der Waals surface area contributed by atoms with Crippen LogP contribution in [0.15, 0.2) is 22.9 Å². The van der Waals surface area contributed by atoms with E-state index in [1.54, 1.807) is 19.2 Å². The number of halogens is 1. The Morgan fingerprint density at radius 1 is 1.50 bits per heavy atom. The topological polar surface area (TPSA) is 35.3 Å². The van der Waals surface area contributed by atoms with Crippen molar-refractivity contribution in [1.29, 1.82) is 0 Å². The first kappa shape index (κ1) is 7.43. The average molecular weight is 184 g/mol. The van der Waals surface area contributed by atoms with Gasteiger partial charge in [-0.05, 0) is 0 Å².